The molecule has 0 N–H and O–H groups in total. The van der Waals surface area contributed by atoms with Gasteiger partial charge in [0.2, 0.25) is 0 Å². The maximum Gasteiger partial charge on any atom is 0.425 e. The van der Waals surface area contributed by atoms with Gasteiger partial charge < -0.3 is 9.64 Å². The number of fused-ring (bicyclic) bond motifs is 1. The fourth-order valence-electron chi connectivity index (χ4n) is 4.39. The molecular formula is C22H20F6N2O4S. The summed E-state index contributed by atoms with van der Waals surface area (Å²) in [6.07, 6.45) is -8.16. The van der Waals surface area contributed by atoms with Gasteiger partial charge in [-0.25, -0.2) is 8.42 Å². The Kier molecular flexibility index (Phi) is 5.85. The van der Waals surface area contributed by atoms with Gasteiger partial charge in [0, 0.05) is 37.2 Å². The molecule has 1 saturated heterocycles. The van der Waals surface area contributed by atoms with Crippen molar-refractivity contribution in [2.24, 2.45) is 5.92 Å². The lowest BCUT2D eigenvalue weighted by molar-refractivity contribution is -0.189. The summed E-state index contributed by atoms with van der Waals surface area (Å²) < 4.78 is 107. The van der Waals surface area contributed by atoms with Crippen LogP contribution in [0.5, 0.6) is 5.75 Å². The summed E-state index contributed by atoms with van der Waals surface area (Å²) in [5, 5.41) is 0. The summed E-state index contributed by atoms with van der Waals surface area (Å²) in [6, 6.07) is 3.99. The summed E-state index contributed by atoms with van der Waals surface area (Å²) in [5.41, 5.74) is -1.72. The molecule has 3 atom stereocenters. The SMILES string of the molecule is C[C@H](Oc1ccc(S(C)(=O)=O)cc1C(=O)N1CC2CC2(c2cncc(C(F)(F)F)c2)C1)C(F)(F)F. The first kappa shape index (κ1) is 25.3. The summed E-state index contributed by atoms with van der Waals surface area (Å²) in [6.45, 7) is 0.905. The monoisotopic (exact) mass is 522 g/mol. The highest BCUT2D eigenvalue weighted by Crippen LogP contribution is 2.59. The van der Waals surface area contributed by atoms with E-state index in [0.29, 0.717) is 18.2 Å². The molecule has 190 valence electrons. The topological polar surface area (TPSA) is 76.6 Å². The van der Waals surface area contributed by atoms with E-state index in [0.717, 1.165) is 37.4 Å². The number of nitrogens with zero attached hydrogens (tertiary/aromatic N) is 2. The van der Waals surface area contributed by atoms with Crippen molar-refractivity contribution < 1.29 is 44.3 Å². The van der Waals surface area contributed by atoms with Crippen LogP contribution in [0.15, 0.2) is 41.6 Å². The van der Waals surface area contributed by atoms with Crippen molar-refractivity contribution in [1.82, 2.24) is 9.88 Å². The number of piperidine rings is 1. The Morgan fingerprint density at radius 3 is 2.46 bits per heavy atom. The number of halogens is 6. The molecule has 1 amide bonds. The van der Waals surface area contributed by atoms with Gasteiger partial charge in [0.1, 0.15) is 5.75 Å². The first-order valence-electron chi connectivity index (χ1n) is 10.4. The van der Waals surface area contributed by atoms with Crippen LogP contribution in [0.3, 0.4) is 0 Å². The molecule has 0 bridgehead atoms. The zero-order chi connectivity index (χ0) is 26.0. The molecular weight excluding hydrogens is 502 g/mol. The Labute approximate surface area is 196 Å². The molecule has 6 nitrogen and oxygen atoms in total. The normalized spacial score (nSPS) is 23.1. The van der Waals surface area contributed by atoms with E-state index < -0.39 is 50.9 Å². The number of carbonyl (C=O) groups excluding carboxylic acids is 1. The quantitative estimate of drug-likeness (QED) is 0.549. The minimum Gasteiger partial charge on any atom is -0.480 e. The smallest absolute Gasteiger partial charge is 0.425 e. The van der Waals surface area contributed by atoms with Crippen molar-refractivity contribution in [1.29, 1.82) is 0 Å². The molecule has 0 radical (unpaired) electrons. The average Bonchev–Trinajstić information content (AvgIpc) is 3.32. The van der Waals surface area contributed by atoms with E-state index in [1.165, 1.54) is 11.1 Å². The Balaban J connectivity index is 1.65. The first-order valence-corrected chi connectivity index (χ1v) is 12.3. The highest BCUT2D eigenvalue weighted by atomic mass is 32.2. The minimum absolute atomic E-state index is 0.0108. The Hall–Kier alpha value is -2.83. The summed E-state index contributed by atoms with van der Waals surface area (Å²) in [4.78, 5) is 18.0. The van der Waals surface area contributed by atoms with E-state index in [-0.39, 0.29) is 29.5 Å². The molecule has 1 saturated carbocycles. The van der Waals surface area contributed by atoms with Gasteiger partial charge in [-0.3, -0.25) is 9.78 Å². The number of alkyl halides is 6. The molecule has 35 heavy (non-hydrogen) atoms. The number of aromatic nitrogens is 1. The van der Waals surface area contributed by atoms with E-state index in [1.54, 1.807) is 0 Å². The van der Waals surface area contributed by atoms with Gasteiger partial charge in [-0.15, -0.1) is 0 Å². The Morgan fingerprint density at radius 1 is 1.17 bits per heavy atom. The van der Waals surface area contributed by atoms with Gasteiger partial charge in [0.15, 0.2) is 15.9 Å². The zero-order valence-corrected chi connectivity index (χ0v) is 19.3. The Morgan fingerprint density at radius 2 is 1.86 bits per heavy atom. The van der Waals surface area contributed by atoms with Crippen LogP contribution in [-0.2, 0) is 21.4 Å². The summed E-state index contributed by atoms with van der Waals surface area (Å²) >= 11 is 0. The fourth-order valence-corrected chi connectivity index (χ4v) is 5.04. The maximum atomic E-state index is 13.3. The van der Waals surface area contributed by atoms with Gasteiger partial charge in [-0.05, 0) is 49.1 Å². The molecule has 1 aromatic carbocycles. The standard InChI is InChI=1S/C22H20F6N2O4S/c1-12(21(23,24)25)34-18-4-3-16(35(2,32)33)6-17(18)19(31)30-10-15-7-20(15,11-30)13-5-14(9-29-8-13)22(26,27)28/h3-6,8-9,12,15H,7,10-11H2,1-2H3/t12-,15?,20?/m0/s1. The second kappa shape index (κ2) is 8.10. The highest BCUT2D eigenvalue weighted by Gasteiger charge is 2.62. The second-order valence-electron chi connectivity index (χ2n) is 8.93. The third-order valence-corrected chi connectivity index (χ3v) is 7.56. The fraction of sp³-hybridized carbons (Fsp3) is 0.455. The van der Waals surface area contributed by atoms with E-state index in [4.69, 9.17) is 4.74 Å². The zero-order valence-electron chi connectivity index (χ0n) is 18.4. The third-order valence-electron chi connectivity index (χ3n) is 6.45. The third kappa shape index (κ3) is 4.82. The van der Waals surface area contributed by atoms with E-state index in [9.17, 15) is 39.6 Å². The largest absolute Gasteiger partial charge is 0.480 e. The van der Waals surface area contributed by atoms with E-state index >= 15 is 0 Å². The van der Waals surface area contributed by atoms with Crippen molar-refractivity contribution in [3.8, 4) is 5.75 Å². The Bertz CT molecular complexity index is 1280. The molecule has 2 fully saturated rings. The number of carbonyl (C=O) groups is 1. The predicted molar refractivity (Wildman–Crippen MR) is 111 cm³/mol. The number of benzene rings is 1. The number of ether oxygens (including phenoxy) is 1. The lowest BCUT2D eigenvalue weighted by atomic mass is 9.95. The first-order chi connectivity index (χ1) is 16.0. The van der Waals surface area contributed by atoms with Crippen molar-refractivity contribution >= 4 is 15.7 Å². The van der Waals surface area contributed by atoms with Gasteiger partial charge >= 0.3 is 12.4 Å². The van der Waals surface area contributed by atoms with Gasteiger partial charge in [0.25, 0.3) is 5.91 Å². The number of amides is 1. The molecule has 1 aliphatic heterocycles. The van der Waals surface area contributed by atoms with Crippen molar-refractivity contribution in [3.05, 3.63) is 53.3 Å². The van der Waals surface area contributed by atoms with Crippen LogP contribution in [0.1, 0.15) is 34.8 Å². The molecule has 2 unspecified atom stereocenters. The number of hydrogen-bond donors (Lipinski definition) is 0. The molecule has 2 aliphatic rings. The lowest BCUT2D eigenvalue weighted by Crippen LogP contribution is -2.35. The molecule has 2 heterocycles. The van der Waals surface area contributed by atoms with Crippen LogP contribution < -0.4 is 4.74 Å². The summed E-state index contributed by atoms with van der Waals surface area (Å²) in [7, 11) is -3.80. The molecule has 2 aromatic rings. The second-order valence-corrected chi connectivity index (χ2v) is 11.0. The lowest BCUT2D eigenvalue weighted by Gasteiger charge is -2.24. The summed E-state index contributed by atoms with van der Waals surface area (Å²) in [5.74, 6) is -1.37. The van der Waals surface area contributed by atoms with Crippen LogP contribution in [0.25, 0.3) is 0 Å². The van der Waals surface area contributed by atoms with Gasteiger partial charge in [-0.2, -0.15) is 26.3 Å². The van der Waals surface area contributed by atoms with Gasteiger partial charge in [0.05, 0.1) is 16.0 Å². The van der Waals surface area contributed by atoms with Crippen LogP contribution in [0.4, 0.5) is 26.3 Å². The number of sulfone groups is 1. The number of likely N-dealkylation sites (tertiary alicyclic amines) is 1. The van der Waals surface area contributed by atoms with Crippen molar-refractivity contribution in [3.63, 3.8) is 0 Å². The molecule has 0 spiro atoms. The highest BCUT2D eigenvalue weighted by molar-refractivity contribution is 7.90. The number of hydrogen-bond acceptors (Lipinski definition) is 5. The van der Waals surface area contributed by atoms with E-state index in [1.807, 2.05) is 0 Å². The molecule has 4 rings (SSSR count). The van der Waals surface area contributed by atoms with Crippen molar-refractivity contribution in [2.75, 3.05) is 19.3 Å². The molecule has 13 heteroatoms. The van der Waals surface area contributed by atoms with E-state index in [2.05, 4.69) is 4.98 Å². The van der Waals surface area contributed by atoms with Crippen LogP contribution in [0, 0.1) is 5.92 Å². The number of rotatable bonds is 5. The van der Waals surface area contributed by atoms with Crippen LogP contribution in [0.2, 0.25) is 0 Å². The maximum absolute atomic E-state index is 13.3. The van der Waals surface area contributed by atoms with Gasteiger partial charge in [-0.1, -0.05) is 0 Å². The number of pyridine rings is 1. The minimum atomic E-state index is -4.73. The van der Waals surface area contributed by atoms with Crippen LogP contribution in [-0.4, -0.2) is 55.8 Å². The molecule has 1 aromatic heterocycles. The molecule has 1 aliphatic carbocycles. The predicted octanol–water partition coefficient (Wildman–Crippen LogP) is 4.25. The van der Waals surface area contributed by atoms with Crippen LogP contribution >= 0.6 is 0 Å². The van der Waals surface area contributed by atoms with Crippen molar-refractivity contribution in [2.45, 2.75) is 42.1 Å². The average molecular weight is 522 g/mol.